The standard InChI is InChI=1S/C34H44O4S/c1-2-3-4-7-23-39(37,38)24-22-27-12-10-26(11-13-27)8-5-6-9-34-32(28-14-17-30(35)18-15-28)20-16-29-25-31(36)19-21-33(29)34/h10-15,17-19,21,25,32,34-36H,2-9,16,20,22-24H2,1H3. The first-order chi connectivity index (χ1) is 18.8. The summed E-state index contributed by atoms with van der Waals surface area (Å²) in [5.41, 5.74) is 6.27. The van der Waals surface area contributed by atoms with Gasteiger partial charge in [0.15, 0.2) is 9.84 Å². The van der Waals surface area contributed by atoms with Gasteiger partial charge in [-0.15, -0.1) is 0 Å². The van der Waals surface area contributed by atoms with E-state index >= 15 is 0 Å². The van der Waals surface area contributed by atoms with Gasteiger partial charge in [0, 0.05) is 0 Å². The van der Waals surface area contributed by atoms with Gasteiger partial charge in [-0.2, -0.15) is 0 Å². The van der Waals surface area contributed by atoms with Gasteiger partial charge in [0.25, 0.3) is 0 Å². The molecule has 3 aromatic rings. The van der Waals surface area contributed by atoms with Gasteiger partial charge >= 0.3 is 0 Å². The highest BCUT2D eigenvalue weighted by Gasteiger charge is 2.30. The summed E-state index contributed by atoms with van der Waals surface area (Å²) in [6.45, 7) is 2.13. The SMILES string of the molecule is CCCCCCS(=O)(=O)CCc1ccc(CCCCC2c3ccc(O)cc3CCC2c2ccc(O)cc2)cc1. The number of sulfone groups is 1. The molecule has 3 aromatic carbocycles. The average Bonchev–Trinajstić information content (AvgIpc) is 2.93. The number of aromatic hydroxyl groups is 2. The summed E-state index contributed by atoms with van der Waals surface area (Å²) in [7, 11) is -2.98. The van der Waals surface area contributed by atoms with Crippen LogP contribution in [0.1, 0.15) is 97.9 Å². The molecular weight excluding hydrogens is 504 g/mol. The molecule has 0 heterocycles. The van der Waals surface area contributed by atoms with Crippen LogP contribution in [-0.2, 0) is 29.1 Å². The van der Waals surface area contributed by atoms with Gasteiger partial charge in [0.05, 0.1) is 11.5 Å². The van der Waals surface area contributed by atoms with Crippen molar-refractivity contribution in [1.29, 1.82) is 0 Å². The highest BCUT2D eigenvalue weighted by Crippen LogP contribution is 2.46. The molecule has 0 aliphatic heterocycles. The van der Waals surface area contributed by atoms with Crippen LogP contribution in [0.5, 0.6) is 11.5 Å². The molecule has 0 spiro atoms. The van der Waals surface area contributed by atoms with Crippen molar-refractivity contribution in [2.45, 2.75) is 89.4 Å². The number of hydrogen-bond donors (Lipinski definition) is 2. The lowest BCUT2D eigenvalue weighted by atomic mass is 9.70. The predicted octanol–water partition coefficient (Wildman–Crippen LogP) is 7.86. The fourth-order valence-corrected chi connectivity index (χ4v) is 7.46. The van der Waals surface area contributed by atoms with Gasteiger partial charge in [0.2, 0.25) is 0 Å². The minimum absolute atomic E-state index is 0.237. The number of rotatable bonds is 14. The van der Waals surface area contributed by atoms with Crippen molar-refractivity contribution in [2.75, 3.05) is 11.5 Å². The number of phenolic OH excluding ortho intramolecular Hbond substituents is 2. The monoisotopic (exact) mass is 548 g/mol. The summed E-state index contributed by atoms with van der Waals surface area (Å²) in [5, 5.41) is 19.8. The molecule has 0 fully saturated rings. The summed E-state index contributed by atoms with van der Waals surface area (Å²) in [4.78, 5) is 0. The third kappa shape index (κ3) is 8.60. The second kappa shape index (κ2) is 14.0. The molecule has 0 amide bonds. The fourth-order valence-electron chi connectivity index (χ4n) is 6.07. The molecule has 0 radical (unpaired) electrons. The molecular formula is C34H44O4S. The van der Waals surface area contributed by atoms with E-state index in [2.05, 4.69) is 49.4 Å². The number of hydrogen-bond acceptors (Lipinski definition) is 4. The van der Waals surface area contributed by atoms with Crippen molar-refractivity contribution >= 4 is 9.84 Å². The second-order valence-corrected chi connectivity index (χ2v) is 13.6. The number of unbranched alkanes of at least 4 members (excludes halogenated alkanes) is 4. The Balaban J connectivity index is 1.29. The van der Waals surface area contributed by atoms with Crippen molar-refractivity contribution in [1.82, 2.24) is 0 Å². The van der Waals surface area contributed by atoms with Crippen LogP contribution < -0.4 is 0 Å². The molecule has 4 rings (SSSR count). The minimum Gasteiger partial charge on any atom is -0.508 e. The van der Waals surface area contributed by atoms with Gasteiger partial charge in [-0.25, -0.2) is 8.42 Å². The summed E-state index contributed by atoms with van der Waals surface area (Å²) < 4.78 is 24.7. The average molecular weight is 549 g/mol. The van der Waals surface area contributed by atoms with E-state index in [9.17, 15) is 18.6 Å². The summed E-state index contributed by atoms with van der Waals surface area (Å²) in [6.07, 6.45) is 10.9. The first kappa shape index (κ1) is 29.2. The third-order valence-electron chi connectivity index (χ3n) is 8.32. The van der Waals surface area contributed by atoms with Gasteiger partial charge in [0.1, 0.15) is 11.5 Å². The Bertz CT molecular complexity index is 1280. The summed E-state index contributed by atoms with van der Waals surface area (Å²) >= 11 is 0. The molecule has 1 aliphatic rings. The number of fused-ring (bicyclic) bond motifs is 1. The Morgan fingerprint density at radius 3 is 2.15 bits per heavy atom. The Kier molecular flexibility index (Phi) is 10.5. The molecule has 2 atom stereocenters. The molecule has 1 aliphatic carbocycles. The third-order valence-corrected chi connectivity index (χ3v) is 10.1. The van der Waals surface area contributed by atoms with E-state index in [1.54, 1.807) is 12.1 Å². The maximum Gasteiger partial charge on any atom is 0.150 e. The molecule has 210 valence electrons. The van der Waals surface area contributed by atoms with Crippen molar-refractivity contribution in [3.8, 4) is 11.5 Å². The zero-order valence-electron chi connectivity index (χ0n) is 23.3. The molecule has 0 bridgehead atoms. The lowest BCUT2D eigenvalue weighted by Gasteiger charge is -2.34. The maximum atomic E-state index is 12.3. The second-order valence-electron chi connectivity index (χ2n) is 11.3. The number of phenols is 2. The molecule has 2 N–H and O–H groups in total. The van der Waals surface area contributed by atoms with Crippen LogP contribution in [0, 0.1) is 0 Å². The van der Waals surface area contributed by atoms with Crippen molar-refractivity contribution in [2.24, 2.45) is 0 Å². The van der Waals surface area contributed by atoms with Crippen LogP contribution in [0.4, 0.5) is 0 Å². The zero-order valence-corrected chi connectivity index (χ0v) is 24.1. The van der Waals surface area contributed by atoms with Gasteiger partial charge in [-0.1, -0.05) is 75.1 Å². The predicted molar refractivity (Wildman–Crippen MR) is 161 cm³/mol. The molecule has 0 aromatic heterocycles. The molecule has 4 nitrogen and oxygen atoms in total. The smallest absolute Gasteiger partial charge is 0.150 e. The van der Waals surface area contributed by atoms with E-state index < -0.39 is 9.84 Å². The Morgan fingerprint density at radius 2 is 1.44 bits per heavy atom. The summed E-state index contributed by atoms with van der Waals surface area (Å²) in [6, 6.07) is 22.0. The van der Waals surface area contributed by atoms with E-state index in [-0.39, 0.29) is 5.75 Å². The summed E-state index contributed by atoms with van der Waals surface area (Å²) in [5.74, 6) is 1.98. The van der Waals surface area contributed by atoms with Crippen LogP contribution in [0.15, 0.2) is 66.7 Å². The van der Waals surface area contributed by atoms with Crippen LogP contribution in [0.25, 0.3) is 0 Å². The Hall–Kier alpha value is -2.79. The van der Waals surface area contributed by atoms with E-state index in [4.69, 9.17) is 0 Å². The fraction of sp³-hybridized carbons (Fsp3) is 0.471. The molecule has 5 heteroatoms. The number of aryl methyl sites for hydroxylation is 3. The van der Waals surface area contributed by atoms with Gasteiger partial charge < -0.3 is 10.2 Å². The first-order valence-corrected chi connectivity index (χ1v) is 16.6. The van der Waals surface area contributed by atoms with Crippen LogP contribution in [-0.4, -0.2) is 30.1 Å². The topological polar surface area (TPSA) is 74.6 Å². The van der Waals surface area contributed by atoms with Crippen LogP contribution in [0.3, 0.4) is 0 Å². The van der Waals surface area contributed by atoms with Crippen molar-refractivity contribution < 1.29 is 18.6 Å². The van der Waals surface area contributed by atoms with E-state index in [0.29, 0.717) is 35.5 Å². The van der Waals surface area contributed by atoms with Crippen LogP contribution >= 0.6 is 0 Å². The maximum absolute atomic E-state index is 12.3. The lowest BCUT2D eigenvalue weighted by Crippen LogP contribution is -2.19. The number of benzene rings is 3. The van der Waals surface area contributed by atoms with Crippen LogP contribution in [0.2, 0.25) is 0 Å². The largest absolute Gasteiger partial charge is 0.508 e. The van der Waals surface area contributed by atoms with Gasteiger partial charge in [-0.05, 0) is 109 Å². The zero-order chi connectivity index (χ0) is 27.7. The molecule has 2 unspecified atom stereocenters. The first-order valence-electron chi connectivity index (χ1n) is 14.7. The highest BCUT2D eigenvalue weighted by atomic mass is 32.2. The van der Waals surface area contributed by atoms with Crippen molar-refractivity contribution in [3.05, 3.63) is 94.5 Å². The molecule has 39 heavy (non-hydrogen) atoms. The van der Waals surface area contributed by atoms with E-state index in [0.717, 1.165) is 69.8 Å². The molecule has 0 saturated carbocycles. The van der Waals surface area contributed by atoms with E-state index in [1.165, 1.54) is 22.3 Å². The Labute approximate surface area is 235 Å². The highest BCUT2D eigenvalue weighted by molar-refractivity contribution is 7.91. The van der Waals surface area contributed by atoms with Crippen molar-refractivity contribution in [3.63, 3.8) is 0 Å². The normalized spacial score (nSPS) is 17.2. The lowest BCUT2D eigenvalue weighted by molar-refractivity contribution is 0.428. The van der Waals surface area contributed by atoms with Gasteiger partial charge in [-0.3, -0.25) is 0 Å². The quantitative estimate of drug-likeness (QED) is 0.201. The minimum atomic E-state index is -2.98. The molecule has 0 saturated heterocycles. The Morgan fingerprint density at radius 1 is 0.744 bits per heavy atom. The van der Waals surface area contributed by atoms with E-state index in [1.807, 2.05) is 12.1 Å².